The van der Waals surface area contributed by atoms with E-state index in [4.69, 9.17) is 0 Å². The maximum Gasteiger partial charge on any atom is 0.224 e. The molecule has 0 aliphatic carbocycles. The third-order valence-corrected chi connectivity index (χ3v) is 2.47. The van der Waals surface area contributed by atoms with E-state index in [9.17, 15) is 9.59 Å². The van der Waals surface area contributed by atoms with Crippen molar-refractivity contribution >= 4 is 12.2 Å². The number of nitrogens with one attached hydrogen (secondary N) is 2. The van der Waals surface area contributed by atoms with Crippen LogP contribution >= 0.6 is 0 Å². The van der Waals surface area contributed by atoms with Crippen LogP contribution in [0.2, 0.25) is 0 Å². The van der Waals surface area contributed by atoms with E-state index in [-0.39, 0.29) is 17.9 Å². The van der Waals surface area contributed by atoms with E-state index in [1.807, 2.05) is 33.0 Å². The van der Waals surface area contributed by atoms with Crippen LogP contribution in [0.1, 0.15) is 26.7 Å². The Bertz CT molecular complexity index is 296. The Balaban J connectivity index is 4.06. The summed E-state index contributed by atoms with van der Waals surface area (Å²) in [6, 6.07) is -0.0894. The molecular weight excluding hydrogens is 228 g/mol. The number of allylic oxidation sites excluding steroid dienone is 1. The van der Waals surface area contributed by atoms with Crippen LogP contribution in [0.15, 0.2) is 24.3 Å². The van der Waals surface area contributed by atoms with E-state index in [0.717, 1.165) is 19.3 Å². The van der Waals surface area contributed by atoms with Gasteiger partial charge in [-0.25, -0.2) is 0 Å². The first-order valence-corrected chi connectivity index (χ1v) is 6.32. The molecule has 1 amide bonds. The van der Waals surface area contributed by atoms with E-state index in [1.54, 1.807) is 6.08 Å². The molecule has 0 saturated carbocycles. The second-order valence-corrected chi connectivity index (χ2v) is 4.43. The molecule has 4 heteroatoms. The van der Waals surface area contributed by atoms with Gasteiger partial charge in [0.25, 0.3) is 0 Å². The Kier molecular flexibility index (Phi) is 9.87. The molecule has 0 spiro atoms. The molecule has 0 bridgehead atoms. The number of hydrogen-bond donors (Lipinski definition) is 2. The molecule has 1 atom stereocenters. The van der Waals surface area contributed by atoms with Crippen molar-refractivity contribution in [2.75, 3.05) is 13.6 Å². The summed E-state index contributed by atoms with van der Waals surface area (Å²) in [5, 5.41) is 5.92. The van der Waals surface area contributed by atoms with Gasteiger partial charge in [-0.15, -0.1) is 0 Å². The number of rotatable bonds is 9. The molecule has 0 aromatic rings. The largest absolute Gasteiger partial charge is 0.349 e. The molecule has 0 heterocycles. The van der Waals surface area contributed by atoms with Crippen LogP contribution in [0, 0.1) is 5.92 Å². The van der Waals surface area contributed by atoms with Crippen molar-refractivity contribution in [2.45, 2.75) is 32.7 Å². The first kappa shape index (κ1) is 16.6. The van der Waals surface area contributed by atoms with Gasteiger partial charge in [-0.2, -0.15) is 0 Å². The molecule has 0 fully saturated rings. The predicted molar refractivity (Wildman–Crippen MR) is 74.3 cm³/mol. The first-order valence-electron chi connectivity index (χ1n) is 6.32. The first-order chi connectivity index (χ1) is 8.61. The van der Waals surface area contributed by atoms with Gasteiger partial charge in [0.05, 0.1) is 0 Å². The number of carbonyl (C=O) groups excluding carboxylic acids is 2. The molecule has 1 unspecified atom stereocenters. The summed E-state index contributed by atoms with van der Waals surface area (Å²) < 4.78 is 0. The van der Waals surface area contributed by atoms with Crippen molar-refractivity contribution in [1.82, 2.24) is 10.6 Å². The summed E-state index contributed by atoms with van der Waals surface area (Å²) in [6.45, 7) is 4.92. The lowest BCUT2D eigenvalue weighted by atomic mass is 10.0. The minimum Gasteiger partial charge on any atom is -0.349 e. The molecule has 4 nitrogen and oxygen atoms in total. The maximum absolute atomic E-state index is 11.7. The van der Waals surface area contributed by atoms with Crippen LogP contribution in [0.25, 0.3) is 0 Å². The lowest BCUT2D eigenvalue weighted by molar-refractivity contribution is -0.121. The molecular formula is C14H24N2O2. The number of carbonyl (C=O) groups is 2. The summed E-state index contributed by atoms with van der Waals surface area (Å²) in [4.78, 5) is 21.9. The smallest absolute Gasteiger partial charge is 0.224 e. The van der Waals surface area contributed by atoms with Crippen LogP contribution in [-0.4, -0.2) is 31.8 Å². The number of amides is 1. The van der Waals surface area contributed by atoms with Gasteiger partial charge in [-0.05, 0) is 32.0 Å². The highest BCUT2D eigenvalue weighted by molar-refractivity contribution is 5.78. The third-order valence-electron chi connectivity index (χ3n) is 2.47. The van der Waals surface area contributed by atoms with Crippen LogP contribution in [0.4, 0.5) is 0 Å². The molecule has 0 aromatic heterocycles. The zero-order valence-electron chi connectivity index (χ0n) is 11.5. The van der Waals surface area contributed by atoms with Crippen LogP contribution in [-0.2, 0) is 9.59 Å². The standard InChI is InChI=1S/C14H24N2O2/c1-12(2)13(8-7-11-17)16-14(18)9-5-4-6-10-15-3/h4-5,7-8,11-13,15H,6,9-10H2,1-3H3,(H,16,18)/b5-4+,8-7+. The highest BCUT2D eigenvalue weighted by atomic mass is 16.1. The molecule has 0 saturated heterocycles. The molecule has 0 aliphatic rings. The monoisotopic (exact) mass is 252 g/mol. The Morgan fingerprint density at radius 1 is 1.28 bits per heavy atom. The van der Waals surface area contributed by atoms with Gasteiger partial charge in [0.1, 0.15) is 6.29 Å². The minimum absolute atomic E-state index is 0.0232. The Labute approximate surface area is 110 Å². The van der Waals surface area contributed by atoms with Gasteiger partial charge in [-0.3, -0.25) is 9.59 Å². The second-order valence-electron chi connectivity index (χ2n) is 4.43. The number of hydrogen-bond acceptors (Lipinski definition) is 3. The average Bonchev–Trinajstić information content (AvgIpc) is 2.33. The van der Waals surface area contributed by atoms with Crippen molar-refractivity contribution in [1.29, 1.82) is 0 Å². The fourth-order valence-electron chi connectivity index (χ4n) is 1.38. The van der Waals surface area contributed by atoms with Crippen molar-refractivity contribution < 1.29 is 9.59 Å². The van der Waals surface area contributed by atoms with Gasteiger partial charge in [-0.1, -0.05) is 32.1 Å². The SMILES string of the molecule is CNCC/C=C/CC(=O)NC(/C=C/C=O)C(C)C. The summed E-state index contributed by atoms with van der Waals surface area (Å²) in [7, 11) is 1.90. The molecule has 0 aromatic carbocycles. The van der Waals surface area contributed by atoms with E-state index < -0.39 is 0 Å². The van der Waals surface area contributed by atoms with E-state index >= 15 is 0 Å². The molecule has 0 radical (unpaired) electrons. The maximum atomic E-state index is 11.7. The topological polar surface area (TPSA) is 58.2 Å². The lowest BCUT2D eigenvalue weighted by Crippen LogP contribution is -2.36. The fourth-order valence-corrected chi connectivity index (χ4v) is 1.38. The molecule has 0 rings (SSSR count). The number of aldehydes is 1. The Morgan fingerprint density at radius 2 is 2.00 bits per heavy atom. The normalized spacial score (nSPS) is 13.3. The van der Waals surface area contributed by atoms with Crippen molar-refractivity contribution in [3.05, 3.63) is 24.3 Å². The molecule has 18 heavy (non-hydrogen) atoms. The van der Waals surface area contributed by atoms with Gasteiger partial charge in [0.2, 0.25) is 5.91 Å². The highest BCUT2D eigenvalue weighted by Gasteiger charge is 2.11. The molecule has 2 N–H and O–H groups in total. The van der Waals surface area contributed by atoms with Gasteiger partial charge >= 0.3 is 0 Å². The van der Waals surface area contributed by atoms with Crippen molar-refractivity contribution in [2.24, 2.45) is 5.92 Å². The predicted octanol–water partition coefficient (Wildman–Crippen LogP) is 1.44. The Hall–Kier alpha value is -1.42. The van der Waals surface area contributed by atoms with E-state index in [2.05, 4.69) is 10.6 Å². The summed E-state index contributed by atoms with van der Waals surface area (Å²) in [5.41, 5.74) is 0. The summed E-state index contributed by atoms with van der Waals surface area (Å²) in [6.07, 6.45) is 9.02. The van der Waals surface area contributed by atoms with Crippen LogP contribution in [0.3, 0.4) is 0 Å². The average molecular weight is 252 g/mol. The highest BCUT2D eigenvalue weighted by Crippen LogP contribution is 2.03. The van der Waals surface area contributed by atoms with Crippen LogP contribution < -0.4 is 10.6 Å². The lowest BCUT2D eigenvalue weighted by Gasteiger charge is -2.18. The summed E-state index contributed by atoms with van der Waals surface area (Å²) in [5.74, 6) is 0.239. The zero-order valence-corrected chi connectivity index (χ0v) is 11.5. The molecule has 102 valence electrons. The Morgan fingerprint density at radius 3 is 2.56 bits per heavy atom. The molecule has 0 aliphatic heterocycles. The van der Waals surface area contributed by atoms with Crippen LogP contribution in [0.5, 0.6) is 0 Å². The second kappa shape index (κ2) is 10.7. The zero-order chi connectivity index (χ0) is 13.8. The van der Waals surface area contributed by atoms with Gasteiger partial charge in [0, 0.05) is 12.5 Å². The van der Waals surface area contributed by atoms with Gasteiger partial charge < -0.3 is 10.6 Å². The third kappa shape index (κ3) is 8.70. The summed E-state index contributed by atoms with van der Waals surface area (Å²) >= 11 is 0. The minimum atomic E-state index is -0.0894. The van der Waals surface area contributed by atoms with E-state index in [1.165, 1.54) is 6.08 Å². The fraction of sp³-hybridized carbons (Fsp3) is 0.571. The van der Waals surface area contributed by atoms with Gasteiger partial charge in [0.15, 0.2) is 0 Å². The van der Waals surface area contributed by atoms with Crippen molar-refractivity contribution in [3.8, 4) is 0 Å². The van der Waals surface area contributed by atoms with E-state index in [0.29, 0.717) is 6.42 Å². The quantitative estimate of drug-likeness (QED) is 0.282. The van der Waals surface area contributed by atoms with Crippen molar-refractivity contribution in [3.63, 3.8) is 0 Å².